The number of amides is 1. The van der Waals surface area contributed by atoms with Gasteiger partial charge in [-0.3, -0.25) is 4.79 Å². The van der Waals surface area contributed by atoms with E-state index in [-0.39, 0.29) is 5.91 Å². The second kappa shape index (κ2) is 9.36. The normalized spacial score (nSPS) is 10.2. The van der Waals surface area contributed by atoms with E-state index in [1.165, 1.54) is 0 Å². The molecule has 0 aliphatic carbocycles. The summed E-state index contributed by atoms with van der Waals surface area (Å²) in [6, 6.07) is 0. The van der Waals surface area contributed by atoms with E-state index in [4.69, 9.17) is 0 Å². The first-order chi connectivity index (χ1) is 7.63. The Bertz CT molecular complexity index is 206. The zero-order valence-corrected chi connectivity index (χ0v) is 10.8. The quantitative estimate of drug-likeness (QED) is 0.448. The number of rotatable bonds is 9. The Kier molecular flexibility index (Phi) is 8.85. The molecule has 0 heterocycles. The molecule has 0 aromatic rings. The highest BCUT2D eigenvalue weighted by molar-refractivity contribution is 5.92. The highest BCUT2D eigenvalue weighted by Gasteiger charge is 2.12. The fourth-order valence-corrected chi connectivity index (χ4v) is 1.37. The second-order valence-corrected chi connectivity index (χ2v) is 3.78. The molecule has 0 aromatic heterocycles. The third-order valence-corrected chi connectivity index (χ3v) is 2.27. The van der Waals surface area contributed by atoms with Crippen LogP contribution in [-0.4, -0.2) is 50.1 Å². The number of nitrogens with one attached hydrogen (secondary N) is 2. The molecular weight excluding hydrogens is 202 g/mol. The van der Waals surface area contributed by atoms with Crippen LogP contribution in [0.25, 0.3) is 0 Å². The summed E-state index contributed by atoms with van der Waals surface area (Å²) in [5.41, 5.74) is 0.605. The van der Waals surface area contributed by atoms with Crippen molar-refractivity contribution in [2.24, 2.45) is 0 Å². The van der Waals surface area contributed by atoms with Crippen molar-refractivity contribution in [1.82, 2.24) is 15.5 Å². The smallest absolute Gasteiger partial charge is 0.248 e. The third-order valence-electron chi connectivity index (χ3n) is 2.27. The van der Waals surface area contributed by atoms with Crippen molar-refractivity contribution in [3.63, 3.8) is 0 Å². The maximum Gasteiger partial charge on any atom is 0.248 e. The largest absolute Gasteiger partial charge is 0.336 e. The lowest BCUT2D eigenvalue weighted by atomic mass is 10.3. The molecule has 0 saturated heterocycles. The first-order valence-corrected chi connectivity index (χ1v) is 5.99. The minimum absolute atomic E-state index is 0.0517. The Balaban J connectivity index is 4.05. The minimum atomic E-state index is 0.0517. The maximum atomic E-state index is 11.8. The van der Waals surface area contributed by atoms with Crippen LogP contribution < -0.4 is 10.6 Å². The Hall–Kier alpha value is -0.870. The molecular formula is C12H25N3O. The van der Waals surface area contributed by atoms with Gasteiger partial charge in [0, 0.05) is 31.8 Å². The monoisotopic (exact) mass is 227 g/mol. The SMILES string of the molecule is C=C(C)C(=O)N(CCNCC)CCNCC. The molecule has 0 aromatic carbocycles. The topological polar surface area (TPSA) is 44.4 Å². The summed E-state index contributed by atoms with van der Waals surface area (Å²) < 4.78 is 0. The van der Waals surface area contributed by atoms with Gasteiger partial charge in [-0.05, 0) is 20.0 Å². The fraction of sp³-hybridized carbons (Fsp3) is 0.750. The van der Waals surface area contributed by atoms with Crippen LogP contribution in [0.4, 0.5) is 0 Å². The van der Waals surface area contributed by atoms with Crippen LogP contribution in [-0.2, 0) is 4.79 Å². The Morgan fingerprint density at radius 1 is 1.12 bits per heavy atom. The van der Waals surface area contributed by atoms with Gasteiger partial charge in [0.25, 0.3) is 0 Å². The number of likely N-dealkylation sites (N-methyl/N-ethyl adjacent to an activating group) is 2. The maximum absolute atomic E-state index is 11.8. The molecule has 0 rings (SSSR count). The molecule has 0 aliphatic rings. The van der Waals surface area contributed by atoms with E-state index in [2.05, 4.69) is 31.1 Å². The van der Waals surface area contributed by atoms with E-state index < -0.39 is 0 Å². The summed E-state index contributed by atoms with van der Waals surface area (Å²) in [4.78, 5) is 13.6. The predicted molar refractivity (Wildman–Crippen MR) is 68.5 cm³/mol. The Labute approximate surface area is 99.1 Å². The van der Waals surface area contributed by atoms with Crippen molar-refractivity contribution in [2.75, 3.05) is 39.3 Å². The van der Waals surface area contributed by atoms with E-state index in [1.54, 1.807) is 6.92 Å². The van der Waals surface area contributed by atoms with Crippen LogP contribution >= 0.6 is 0 Å². The molecule has 0 unspecified atom stereocenters. The number of carbonyl (C=O) groups is 1. The van der Waals surface area contributed by atoms with E-state index in [0.29, 0.717) is 5.57 Å². The van der Waals surface area contributed by atoms with E-state index >= 15 is 0 Å². The van der Waals surface area contributed by atoms with Crippen molar-refractivity contribution in [3.05, 3.63) is 12.2 Å². The molecule has 16 heavy (non-hydrogen) atoms. The lowest BCUT2D eigenvalue weighted by Gasteiger charge is -2.23. The van der Waals surface area contributed by atoms with E-state index in [1.807, 2.05) is 4.90 Å². The van der Waals surface area contributed by atoms with Crippen molar-refractivity contribution >= 4 is 5.91 Å². The molecule has 1 amide bonds. The fourth-order valence-electron chi connectivity index (χ4n) is 1.37. The van der Waals surface area contributed by atoms with Gasteiger partial charge in [0.05, 0.1) is 0 Å². The van der Waals surface area contributed by atoms with Crippen molar-refractivity contribution < 1.29 is 4.79 Å². The van der Waals surface area contributed by atoms with Gasteiger partial charge in [0.2, 0.25) is 5.91 Å². The highest BCUT2D eigenvalue weighted by atomic mass is 16.2. The van der Waals surface area contributed by atoms with Gasteiger partial charge < -0.3 is 15.5 Å². The predicted octanol–water partition coefficient (Wildman–Crippen LogP) is 0.610. The van der Waals surface area contributed by atoms with Gasteiger partial charge in [-0.25, -0.2) is 0 Å². The number of hydrogen-bond acceptors (Lipinski definition) is 3. The first kappa shape index (κ1) is 15.1. The zero-order chi connectivity index (χ0) is 12.4. The van der Waals surface area contributed by atoms with E-state index in [0.717, 1.165) is 39.3 Å². The van der Waals surface area contributed by atoms with Gasteiger partial charge in [-0.15, -0.1) is 0 Å². The standard InChI is InChI=1S/C12H25N3O/c1-5-13-7-9-15(10-8-14-6-2)12(16)11(3)4/h13-14H,3,5-10H2,1-2,4H3. The van der Waals surface area contributed by atoms with Crippen LogP contribution in [0.15, 0.2) is 12.2 Å². The van der Waals surface area contributed by atoms with Crippen LogP contribution in [0.5, 0.6) is 0 Å². The van der Waals surface area contributed by atoms with Gasteiger partial charge in [0.15, 0.2) is 0 Å². The number of nitrogens with zero attached hydrogens (tertiary/aromatic N) is 1. The molecule has 0 atom stereocenters. The molecule has 0 spiro atoms. The van der Waals surface area contributed by atoms with Crippen LogP contribution in [0.3, 0.4) is 0 Å². The lowest BCUT2D eigenvalue weighted by Crippen LogP contribution is -2.41. The summed E-state index contributed by atoms with van der Waals surface area (Å²) in [5.74, 6) is 0.0517. The van der Waals surface area contributed by atoms with Crippen molar-refractivity contribution in [1.29, 1.82) is 0 Å². The zero-order valence-electron chi connectivity index (χ0n) is 10.8. The van der Waals surface area contributed by atoms with Gasteiger partial charge in [-0.1, -0.05) is 20.4 Å². The molecule has 2 N–H and O–H groups in total. The Morgan fingerprint density at radius 3 is 1.88 bits per heavy atom. The first-order valence-electron chi connectivity index (χ1n) is 5.99. The van der Waals surface area contributed by atoms with Gasteiger partial charge >= 0.3 is 0 Å². The minimum Gasteiger partial charge on any atom is -0.336 e. The van der Waals surface area contributed by atoms with Crippen molar-refractivity contribution in [3.8, 4) is 0 Å². The highest BCUT2D eigenvalue weighted by Crippen LogP contribution is 1.97. The molecule has 0 saturated carbocycles. The number of carbonyl (C=O) groups excluding carboxylic acids is 1. The molecule has 0 fully saturated rings. The average molecular weight is 227 g/mol. The lowest BCUT2D eigenvalue weighted by molar-refractivity contribution is -0.127. The van der Waals surface area contributed by atoms with Crippen LogP contribution in [0.1, 0.15) is 20.8 Å². The summed E-state index contributed by atoms with van der Waals surface area (Å²) in [7, 11) is 0. The second-order valence-electron chi connectivity index (χ2n) is 3.78. The Morgan fingerprint density at radius 2 is 1.56 bits per heavy atom. The average Bonchev–Trinajstić information content (AvgIpc) is 2.26. The summed E-state index contributed by atoms with van der Waals surface area (Å²) >= 11 is 0. The summed E-state index contributed by atoms with van der Waals surface area (Å²) in [6.07, 6.45) is 0. The molecule has 4 nitrogen and oxygen atoms in total. The van der Waals surface area contributed by atoms with Crippen LogP contribution in [0.2, 0.25) is 0 Å². The molecule has 4 heteroatoms. The molecule has 0 bridgehead atoms. The van der Waals surface area contributed by atoms with Gasteiger partial charge in [0.1, 0.15) is 0 Å². The van der Waals surface area contributed by atoms with Crippen LogP contribution in [0, 0.1) is 0 Å². The molecule has 94 valence electrons. The van der Waals surface area contributed by atoms with Crippen molar-refractivity contribution in [2.45, 2.75) is 20.8 Å². The third kappa shape index (κ3) is 6.58. The summed E-state index contributed by atoms with van der Waals surface area (Å²) in [6.45, 7) is 14.6. The molecule has 0 radical (unpaired) electrons. The number of hydrogen-bond donors (Lipinski definition) is 2. The van der Waals surface area contributed by atoms with E-state index in [9.17, 15) is 4.79 Å². The van der Waals surface area contributed by atoms with Gasteiger partial charge in [-0.2, -0.15) is 0 Å². The summed E-state index contributed by atoms with van der Waals surface area (Å²) in [5, 5.41) is 6.44. The molecule has 0 aliphatic heterocycles.